The fraction of sp³-hybridized carbons (Fsp3) is 0.455. The number of nitrogens with one attached hydrogen (secondary N) is 1. The van der Waals surface area contributed by atoms with E-state index in [1.54, 1.807) is 17.8 Å². The van der Waals surface area contributed by atoms with Crippen molar-refractivity contribution in [2.45, 2.75) is 18.7 Å². The second-order valence-electron chi connectivity index (χ2n) is 3.55. The molecule has 1 aliphatic rings. The van der Waals surface area contributed by atoms with Crippen molar-refractivity contribution in [2.75, 3.05) is 12.3 Å². The van der Waals surface area contributed by atoms with Crippen molar-refractivity contribution in [3.8, 4) is 0 Å². The van der Waals surface area contributed by atoms with Gasteiger partial charge in [-0.25, -0.2) is 8.78 Å². The van der Waals surface area contributed by atoms with Crippen LogP contribution in [0.4, 0.5) is 8.78 Å². The van der Waals surface area contributed by atoms with E-state index >= 15 is 0 Å². The molecule has 0 saturated carbocycles. The maximum atomic E-state index is 13.5. The number of halogens is 2. The molecule has 0 bridgehead atoms. The fourth-order valence-corrected chi connectivity index (χ4v) is 3.01. The molecule has 1 atom stereocenters. The van der Waals surface area contributed by atoms with Gasteiger partial charge in [-0.1, -0.05) is 13.0 Å². The van der Waals surface area contributed by atoms with Crippen LogP contribution in [0.2, 0.25) is 0 Å². The predicted molar refractivity (Wildman–Crippen MR) is 58.9 cm³/mol. The zero-order chi connectivity index (χ0) is 10.8. The summed E-state index contributed by atoms with van der Waals surface area (Å²) in [5.41, 5.74) is 1.44. The van der Waals surface area contributed by atoms with Gasteiger partial charge in [0.25, 0.3) is 0 Å². The highest BCUT2D eigenvalue weighted by atomic mass is 32.2. The first kappa shape index (κ1) is 10.9. The molecular weight excluding hydrogens is 216 g/mol. The molecule has 0 saturated heterocycles. The van der Waals surface area contributed by atoms with Gasteiger partial charge in [-0.2, -0.15) is 11.8 Å². The highest BCUT2D eigenvalue weighted by Gasteiger charge is 2.23. The van der Waals surface area contributed by atoms with Crippen LogP contribution in [0.25, 0.3) is 0 Å². The number of thioether (sulfide) groups is 1. The molecule has 2 rings (SSSR count). The maximum absolute atomic E-state index is 13.5. The largest absolute Gasteiger partial charge is 0.309 e. The Balaban J connectivity index is 2.40. The monoisotopic (exact) mass is 229 g/mol. The predicted octanol–water partition coefficient (Wildman–Crippen LogP) is 2.86. The smallest absolute Gasteiger partial charge is 0.163 e. The van der Waals surface area contributed by atoms with E-state index in [9.17, 15) is 8.78 Å². The van der Waals surface area contributed by atoms with Crippen molar-refractivity contribution in [3.63, 3.8) is 0 Å². The molecular formula is C11H13F2NS. The third kappa shape index (κ3) is 2.01. The van der Waals surface area contributed by atoms with Crippen molar-refractivity contribution in [2.24, 2.45) is 0 Å². The summed E-state index contributed by atoms with van der Waals surface area (Å²) in [4.78, 5) is 0. The van der Waals surface area contributed by atoms with Crippen molar-refractivity contribution >= 4 is 11.8 Å². The standard InChI is InChI=1S/C11H13F2NS/c1-2-14-10-6-15-5-8-7(10)3-4-9(12)11(8)13/h3-4,10,14H,2,5-6H2,1H3. The molecule has 0 radical (unpaired) electrons. The average molecular weight is 229 g/mol. The van der Waals surface area contributed by atoms with Crippen LogP contribution in [0.15, 0.2) is 12.1 Å². The zero-order valence-corrected chi connectivity index (χ0v) is 9.33. The lowest BCUT2D eigenvalue weighted by molar-refractivity contribution is 0.493. The van der Waals surface area contributed by atoms with Crippen LogP contribution >= 0.6 is 11.8 Å². The molecule has 1 aromatic rings. The normalized spacial score (nSPS) is 20.1. The van der Waals surface area contributed by atoms with E-state index in [1.165, 1.54) is 6.07 Å². The van der Waals surface area contributed by atoms with Crippen LogP contribution in [0.3, 0.4) is 0 Å². The summed E-state index contributed by atoms with van der Waals surface area (Å²) in [5.74, 6) is 0.0707. The third-order valence-electron chi connectivity index (χ3n) is 2.59. The first-order valence-corrected chi connectivity index (χ1v) is 6.17. The van der Waals surface area contributed by atoms with Crippen molar-refractivity contribution in [1.82, 2.24) is 5.32 Å². The number of benzene rings is 1. The van der Waals surface area contributed by atoms with Gasteiger partial charge in [-0.05, 0) is 18.2 Å². The van der Waals surface area contributed by atoms with Crippen LogP contribution < -0.4 is 5.32 Å². The molecule has 15 heavy (non-hydrogen) atoms. The summed E-state index contributed by atoms with van der Waals surface area (Å²) < 4.78 is 26.5. The maximum Gasteiger partial charge on any atom is 0.163 e. The van der Waals surface area contributed by atoms with Gasteiger partial charge in [0.05, 0.1) is 0 Å². The molecule has 1 aromatic carbocycles. The van der Waals surface area contributed by atoms with Gasteiger partial charge in [0, 0.05) is 23.1 Å². The molecule has 4 heteroatoms. The van der Waals surface area contributed by atoms with Gasteiger partial charge < -0.3 is 5.32 Å². The quantitative estimate of drug-likeness (QED) is 0.837. The van der Waals surface area contributed by atoms with Crippen LogP contribution in [-0.4, -0.2) is 12.3 Å². The number of hydrogen-bond acceptors (Lipinski definition) is 2. The molecule has 1 heterocycles. The number of hydrogen-bond donors (Lipinski definition) is 1. The second-order valence-corrected chi connectivity index (χ2v) is 4.58. The van der Waals surface area contributed by atoms with Crippen molar-refractivity contribution in [3.05, 3.63) is 34.9 Å². The van der Waals surface area contributed by atoms with Gasteiger partial charge in [0.1, 0.15) is 0 Å². The number of rotatable bonds is 2. The van der Waals surface area contributed by atoms with E-state index in [2.05, 4.69) is 5.32 Å². The lowest BCUT2D eigenvalue weighted by Crippen LogP contribution is -2.27. The number of fused-ring (bicyclic) bond motifs is 1. The minimum absolute atomic E-state index is 0.152. The van der Waals surface area contributed by atoms with Crippen molar-refractivity contribution in [1.29, 1.82) is 0 Å². The Hall–Kier alpha value is -0.610. The van der Waals surface area contributed by atoms with Gasteiger partial charge in [0.2, 0.25) is 0 Å². The Bertz CT molecular complexity index is 368. The van der Waals surface area contributed by atoms with Crippen molar-refractivity contribution < 1.29 is 8.78 Å². The van der Waals surface area contributed by atoms with Crippen LogP contribution in [0.1, 0.15) is 24.1 Å². The molecule has 0 amide bonds. The minimum Gasteiger partial charge on any atom is -0.309 e. The summed E-state index contributed by atoms with van der Waals surface area (Å²) in [6, 6.07) is 3.06. The van der Waals surface area contributed by atoms with E-state index in [0.717, 1.165) is 17.9 Å². The van der Waals surface area contributed by atoms with Gasteiger partial charge in [-0.15, -0.1) is 0 Å². The average Bonchev–Trinajstić information content (AvgIpc) is 2.25. The highest BCUT2D eigenvalue weighted by Crippen LogP contribution is 2.33. The van der Waals surface area contributed by atoms with Crippen LogP contribution in [0.5, 0.6) is 0 Å². The lowest BCUT2D eigenvalue weighted by atomic mass is 10.0. The first-order chi connectivity index (χ1) is 7.24. The summed E-state index contributed by atoms with van der Waals surface area (Å²) in [6.07, 6.45) is 0. The summed E-state index contributed by atoms with van der Waals surface area (Å²) in [6.45, 7) is 2.85. The topological polar surface area (TPSA) is 12.0 Å². The molecule has 82 valence electrons. The highest BCUT2D eigenvalue weighted by molar-refractivity contribution is 7.98. The molecule has 0 aliphatic carbocycles. The second kappa shape index (κ2) is 4.49. The Labute approximate surface area is 92.3 Å². The van der Waals surface area contributed by atoms with E-state index in [-0.39, 0.29) is 6.04 Å². The van der Waals surface area contributed by atoms with E-state index in [4.69, 9.17) is 0 Å². The Morgan fingerprint density at radius 2 is 2.27 bits per heavy atom. The molecule has 1 nitrogen and oxygen atoms in total. The van der Waals surface area contributed by atoms with E-state index < -0.39 is 11.6 Å². The molecule has 0 spiro atoms. The molecule has 1 unspecified atom stereocenters. The van der Waals surface area contributed by atoms with Gasteiger partial charge in [0.15, 0.2) is 11.6 Å². The summed E-state index contributed by atoms with van der Waals surface area (Å²) >= 11 is 1.64. The summed E-state index contributed by atoms with van der Waals surface area (Å²) in [7, 11) is 0. The Morgan fingerprint density at radius 3 is 3.00 bits per heavy atom. The van der Waals surface area contributed by atoms with Crippen LogP contribution in [0, 0.1) is 11.6 Å². The first-order valence-electron chi connectivity index (χ1n) is 5.02. The van der Waals surface area contributed by atoms with E-state index in [1.807, 2.05) is 6.92 Å². The zero-order valence-electron chi connectivity index (χ0n) is 8.52. The van der Waals surface area contributed by atoms with Gasteiger partial charge in [-0.3, -0.25) is 0 Å². The molecule has 1 aliphatic heterocycles. The summed E-state index contributed by atoms with van der Waals surface area (Å²) in [5, 5.41) is 3.28. The SMILES string of the molecule is CCNC1CSCc2c1ccc(F)c2F. The minimum atomic E-state index is -0.744. The molecule has 0 aromatic heterocycles. The van der Waals surface area contributed by atoms with Gasteiger partial charge >= 0.3 is 0 Å². The third-order valence-corrected chi connectivity index (χ3v) is 3.65. The Morgan fingerprint density at radius 1 is 1.47 bits per heavy atom. The fourth-order valence-electron chi connectivity index (χ4n) is 1.86. The van der Waals surface area contributed by atoms with E-state index in [0.29, 0.717) is 11.3 Å². The molecule has 0 fully saturated rings. The Kier molecular flexibility index (Phi) is 3.26. The lowest BCUT2D eigenvalue weighted by Gasteiger charge is -2.26. The molecule has 1 N–H and O–H groups in total. The van der Waals surface area contributed by atoms with Crippen LogP contribution in [-0.2, 0) is 5.75 Å².